The average Bonchev–Trinajstić information content (AvgIpc) is 2.33. The molecule has 0 heterocycles. The van der Waals surface area contributed by atoms with E-state index in [2.05, 4.69) is 17.5 Å². The first-order valence-electron chi connectivity index (χ1n) is 5.16. The fourth-order valence-electron chi connectivity index (χ4n) is 1.29. The molecule has 0 spiro atoms. The van der Waals surface area contributed by atoms with Gasteiger partial charge in [-0.2, -0.15) is 5.26 Å². The number of ketones is 1. The lowest BCUT2D eigenvalue weighted by Gasteiger charge is -2.27. The van der Waals surface area contributed by atoms with Crippen LogP contribution in [0.15, 0.2) is 0 Å². The van der Waals surface area contributed by atoms with Crippen molar-refractivity contribution in [3.63, 3.8) is 0 Å². The number of aliphatic hydroxyl groups is 4. The second-order valence-electron chi connectivity index (χ2n) is 3.74. The van der Waals surface area contributed by atoms with E-state index in [0.29, 0.717) is 0 Å². The molecule has 0 saturated carbocycles. The van der Waals surface area contributed by atoms with Crippen LogP contribution in [0.2, 0.25) is 0 Å². The summed E-state index contributed by atoms with van der Waals surface area (Å²) in [6.45, 7) is 1.07. The van der Waals surface area contributed by atoms with Crippen molar-refractivity contribution in [3.05, 3.63) is 0 Å². The van der Waals surface area contributed by atoms with Crippen LogP contribution >= 0.6 is 12.2 Å². The van der Waals surface area contributed by atoms with Crippen LogP contribution in [0.3, 0.4) is 0 Å². The standard InChI is InChI=1S/C10H14N2O6S/c1-4(13)12-6(5(14)2-3-11)7(15)8(16)9(17)10(18)19/h6-9,15-17H,2H2,1H3,(H,12,13)(H,18,19)/t6-,7+,8-,9-/m0/s1. The van der Waals surface area contributed by atoms with Crippen LogP contribution in [0.1, 0.15) is 13.3 Å². The summed E-state index contributed by atoms with van der Waals surface area (Å²) in [4.78, 5) is 22.4. The Labute approximate surface area is 114 Å². The van der Waals surface area contributed by atoms with E-state index < -0.39 is 47.5 Å². The molecule has 19 heavy (non-hydrogen) atoms. The van der Waals surface area contributed by atoms with Gasteiger partial charge in [0.2, 0.25) is 5.91 Å². The predicted octanol–water partition coefficient (Wildman–Crippen LogP) is -2.06. The van der Waals surface area contributed by atoms with Crippen molar-refractivity contribution in [2.24, 2.45) is 0 Å². The van der Waals surface area contributed by atoms with E-state index in [-0.39, 0.29) is 0 Å². The Hall–Kier alpha value is -1.60. The van der Waals surface area contributed by atoms with Crippen LogP contribution in [0.25, 0.3) is 0 Å². The first kappa shape index (κ1) is 17.4. The summed E-state index contributed by atoms with van der Waals surface area (Å²) in [5.41, 5.74) is 0. The van der Waals surface area contributed by atoms with Crippen LogP contribution in [0.4, 0.5) is 0 Å². The molecule has 0 unspecified atom stereocenters. The highest BCUT2D eigenvalue weighted by Crippen LogP contribution is 2.09. The largest absolute Gasteiger partial charge is 0.500 e. The molecule has 0 aromatic carbocycles. The topological polar surface area (TPSA) is 151 Å². The zero-order chi connectivity index (χ0) is 15.2. The van der Waals surface area contributed by atoms with Crippen LogP contribution in [-0.2, 0) is 9.59 Å². The van der Waals surface area contributed by atoms with Gasteiger partial charge >= 0.3 is 0 Å². The molecule has 0 radical (unpaired) electrons. The van der Waals surface area contributed by atoms with Crippen molar-refractivity contribution in [2.45, 2.75) is 37.7 Å². The number of hydrogen-bond acceptors (Lipinski definition) is 7. The van der Waals surface area contributed by atoms with Crippen LogP contribution in [0.5, 0.6) is 0 Å². The van der Waals surface area contributed by atoms with E-state index in [9.17, 15) is 24.9 Å². The summed E-state index contributed by atoms with van der Waals surface area (Å²) in [5.74, 6) is -1.52. The molecule has 0 fully saturated rings. The Balaban J connectivity index is 5.04. The van der Waals surface area contributed by atoms with Crippen molar-refractivity contribution in [2.75, 3.05) is 0 Å². The number of carbonyl (C=O) groups excluding carboxylic acids is 2. The summed E-state index contributed by atoms with van der Waals surface area (Å²) in [5, 5.41) is 46.8. The molecular formula is C10H14N2O6S. The minimum atomic E-state index is -1.99. The van der Waals surface area contributed by atoms with Crippen LogP contribution in [0, 0.1) is 11.3 Å². The fraction of sp³-hybridized carbons (Fsp3) is 0.600. The second kappa shape index (κ2) is 7.75. The molecule has 0 aliphatic rings. The zero-order valence-corrected chi connectivity index (χ0v) is 10.8. The minimum Gasteiger partial charge on any atom is -0.500 e. The summed E-state index contributed by atoms with van der Waals surface area (Å²) < 4.78 is 0. The second-order valence-corrected chi connectivity index (χ2v) is 4.16. The number of nitrogens with zero attached hydrogens (tertiary/aromatic N) is 1. The van der Waals surface area contributed by atoms with Gasteiger partial charge in [0.25, 0.3) is 0 Å². The molecule has 106 valence electrons. The Morgan fingerprint density at radius 2 is 1.84 bits per heavy atom. The van der Waals surface area contributed by atoms with Gasteiger partial charge < -0.3 is 25.7 Å². The third kappa shape index (κ3) is 5.27. The van der Waals surface area contributed by atoms with E-state index in [1.165, 1.54) is 6.07 Å². The first-order valence-corrected chi connectivity index (χ1v) is 5.57. The number of thiocarbonyl (C=S) groups is 1. The summed E-state index contributed by atoms with van der Waals surface area (Å²) >= 11 is 4.21. The summed E-state index contributed by atoms with van der Waals surface area (Å²) in [7, 11) is 0. The molecule has 4 atom stereocenters. The zero-order valence-electron chi connectivity index (χ0n) is 9.98. The molecule has 0 aromatic heterocycles. The summed E-state index contributed by atoms with van der Waals surface area (Å²) in [6, 6.07) is -0.0512. The van der Waals surface area contributed by atoms with Gasteiger partial charge in [-0.15, -0.1) is 0 Å². The molecule has 8 nitrogen and oxygen atoms in total. The lowest BCUT2D eigenvalue weighted by Crippen LogP contribution is -2.56. The van der Waals surface area contributed by atoms with Crippen LogP contribution in [-0.4, -0.2) is 61.5 Å². The number of hydrogen-bond donors (Lipinski definition) is 5. The fourth-order valence-corrected chi connectivity index (χ4v) is 1.43. The Morgan fingerprint density at radius 1 is 1.32 bits per heavy atom. The average molecular weight is 290 g/mol. The molecule has 0 bridgehead atoms. The van der Waals surface area contributed by atoms with E-state index in [1.54, 1.807) is 0 Å². The van der Waals surface area contributed by atoms with Crippen molar-refractivity contribution >= 4 is 29.0 Å². The maximum atomic E-state index is 11.5. The number of nitrogens with one attached hydrogen (secondary N) is 1. The van der Waals surface area contributed by atoms with Crippen molar-refractivity contribution in [1.82, 2.24) is 5.32 Å². The molecule has 0 aromatic rings. The van der Waals surface area contributed by atoms with E-state index in [4.69, 9.17) is 10.4 Å². The Bertz CT molecular complexity index is 407. The molecule has 0 saturated heterocycles. The van der Waals surface area contributed by atoms with Gasteiger partial charge in [-0.3, -0.25) is 9.59 Å². The third-order valence-electron chi connectivity index (χ3n) is 2.23. The van der Waals surface area contributed by atoms with E-state index >= 15 is 0 Å². The minimum absolute atomic E-state index is 0.603. The molecule has 0 aliphatic heterocycles. The first-order chi connectivity index (χ1) is 8.72. The number of carbonyl (C=O) groups is 2. The summed E-state index contributed by atoms with van der Waals surface area (Å²) in [6.07, 6.45) is -6.48. The molecule has 0 rings (SSSR count). The maximum Gasteiger partial charge on any atom is 0.217 e. The number of amides is 1. The van der Waals surface area contributed by atoms with Crippen molar-refractivity contribution in [3.8, 4) is 6.07 Å². The van der Waals surface area contributed by atoms with Gasteiger partial charge in [0.15, 0.2) is 10.8 Å². The Kier molecular flexibility index (Phi) is 7.10. The highest BCUT2D eigenvalue weighted by atomic mass is 32.1. The number of nitriles is 1. The van der Waals surface area contributed by atoms with Gasteiger partial charge in [0.05, 0.1) is 12.5 Å². The van der Waals surface area contributed by atoms with Crippen LogP contribution < -0.4 is 5.32 Å². The van der Waals surface area contributed by atoms with Crippen molar-refractivity contribution < 1.29 is 30.0 Å². The Morgan fingerprint density at radius 3 is 2.21 bits per heavy atom. The highest BCUT2D eigenvalue weighted by Gasteiger charge is 2.37. The molecule has 1 amide bonds. The van der Waals surface area contributed by atoms with E-state index in [0.717, 1.165) is 6.92 Å². The number of Topliss-reactive ketones (excluding diaryl/α,β-unsaturated/α-hetero) is 1. The molecular weight excluding hydrogens is 276 g/mol. The molecule has 5 N–H and O–H groups in total. The quantitative estimate of drug-likeness (QED) is 0.336. The van der Waals surface area contributed by atoms with Crippen molar-refractivity contribution in [1.29, 1.82) is 5.26 Å². The van der Waals surface area contributed by atoms with Gasteiger partial charge in [-0.25, -0.2) is 0 Å². The van der Waals surface area contributed by atoms with Gasteiger partial charge in [0, 0.05) is 6.92 Å². The SMILES string of the molecule is CC(=O)N[C@@H](C(=O)CC#N)[C@@H](O)[C@H](O)[C@H](O)C(O)=S. The maximum absolute atomic E-state index is 11.5. The smallest absolute Gasteiger partial charge is 0.217 e. The lowest BCUT2D eigenvalue weighted by molar-refractivity contribution is -0.133. The normalized spacial score (nSPS) is 16.6. The molecule has 9 heteroatoms. The van der Waals surface area contributed by atoms with E-state index in [1.807, 2.05) is 0 Å². The third-order valence-corrected chi connectivity index (χ3v) is 2.47. The monoisotopic (exact) mass is 290 g/mol. The van der Waals surface area contributed by atoms with Gasteiger partial charge in [-0.05, 0) is 12.2 Å². The number of aliphatic hydroxyl groups excluding tert-OH is 4. The lowest BCUT2D eigenvalue weighted by atomic mass is 9.96. The van der Waals surface area contributed by atoms with Gasteiger partial charge in [-0.1, -0.05) is 0 Å². The predicted molar refractivity (Wildman–Crippen MR) is 66.1 cm³/mol. The number of rotatable bonds is 7. The molecule has 0 aliphatic carbocycles. The van der Waals surface area contributed by atoms with Gasteiger partial charge in [0.1, 0.15) is 24.4 Å². The highest BCUT2D eigenvalue weighted by molar-refractivity contribution is 7.80.